The van der Waals surface area contributed by atoms with Crippen LogP contribution in [-0.4, -0.2) is 88.1 Å². The number of H-pyrrole nitrogens is 1. The Hall–Kier alpha value is -6.35. The van der Waals surface area contributed by atoms with Gasteiger partial charge in [0.15, 0.2) is 5.15 Å². The summed E-state index contributed by atoms with van der Waals surface area (Å²) in [6.45, 7) is -0.638. The maximum absolute atomic E-state index is 12.5. The molecule has 0 fully saturated rings. The molecule has 0 saturated heterocycles. The summed E-state index contributed by atoms with van der Waals surface area (Å²) in [4.78, 5) is 28.1. The van der Waals surface area contributed by atoms with Crippen LogP contribution in [0.25, 0.3) is 55.7 Å². The molecule has 8 rings (SSSR count). The van der Waals surface area contributed by atoms with Crippen molar-refractivity contribution in [2.75, 3.05) is 26.4 Å². The summed E-state index contributed by atoms with van der Waals surface area (Å²) < 4.78 is 14.7. The molecule has 0 saturated carbocycles. The predicted molar refractivity (Wildman–Crippen MR) is 220 cm³/mol. The van der Waals surface area contributed by atoms with Crippen molar-refractivity contribution in [2.24, 2.45) is 0 Å². The topological polar surface area (TPSA) is 181 Å². The van der Waals surface area contributed by atoms with Gasteiger partial charge in [0.2, 0.25) is 0 Å². The lowest BCUT2D eigenvalue weighted by Gasteiger charge is -2.10. The number of nitrogens with one attached hydrogen (secondary N) is 1. The third kappa shape index (κ3) is 9.04. The molecule has 14 heteroatoms. The first kappa shape index (κ1) is 40.3. The highest BCUT2D eigenvalue weighted by molar-refractivity contribution is 6.34. The smallest absolute Gasteiger partial charge is 0.275 e. The molecule has 2 atom stereocenters. The zero-order chi connectivity index (χ0) is 39.0. The maximum atomic E-state index is 12.5. The third-order valence-electron chi connectivity index (χ3n) is 8.82. The molecule has 0 aliphatic heterocycles. The maximum Gasteiger partial charge on any atom is 0.275 e. The second-order valence-corrected chi connectivity index (χ2v) is 13.0. The number of rotatable bonds is 12. The van der Waals surface area contributed by atoms with E-state index in [1.165, 1.54) is 12.7 Å². The van der Waals surface area contributed by atoms with Gasteiger partial charge < -0.3 is 44.0 Å². The number of benzene rings is 4. The summed E-state index contributed by atoms with van der Waals surface area (Å²) in [7, 11) is 0. The van der Waals surface area contributed by atoms with Gasteiger partial charge in [0.1, 0.15) is 65.3 Å². The fourth-order valence-corrected chi connectivity index (χ4v) is 6.27. The Labute approximate surface area is 332 Å². The summed E-state index contributed by atoms with van der Waals surface area (Å²) >= 11 is 6.39. The lowest BCUT2D eigenvalue weighted by molar-refractivity contribution is 0.0536. The van der Waals surface area contributed by atoms with Crippen LogP contribution >= 0.6 is 11.6 Å². The average Bonchev–Trinajstić information content (AvgIpc) is 3.84. The van der Waals surface area contributed by atoms with Crippen molar-refractivity contribution in [3.8, 4) is 45.1 Å². The molecule has 292 valence electrons. The van der Waals surface area contributed by atoms with Crippen molar-refractivity contribution in [3.63, 3.8) is 0 Å². The molecule has 5 N–H and O–H groups in total. The second-order valence-electron chi connectivity index (χ2n) is 12.6. The Balaban J connectivity index is 0.000000189. The van der Waals surface area contributed by atoms with E-state index in [2.05, 4.69) is 19.9 Å². The fourth-order valence-electron chi connectivity index (χ4n) is 6.05. The number of aliphatic hydroxyl groups is 4. The molecule has 0 amide bonds. The van der Waals surface area contributed by atoms with E-state index in [4.69, 9.17) is 31.3 Å². The van der Waals surface area contributed by atoms with Crippen LogP contribution in [0.15, 0.2) is 139 Å². The number of aliphatic hydroxyl groups excluding tert-OH is 4. The van der Waals surface area contributed by atoms with E-state index in [-0.39, 0.29) is 39.4 Å². The Bertz CT molecular complexity index is 2580. The van der Waals surface area contributed by atoms with Crippen LogP contribution in [-0.2, 0) is 0 Å². The first-order valence-electron chi connectivity index (χ1n) is 17.6. The van der Waals surface area contributed by atoms with Gasteiger partial charge in [-0.05, 0) is 59.7 Å². The Morgan fingerprint density at radius 3 is 1.56 bits per heavy atom. The number of aromatic nitrogens is 6. The Morgan fingerprint density at radius 2 is 1.09 bits per heavy atom. The quantitative estimate of drug-likeness (QED) is 0.0892. The summed E-state index contributed by atoms with van der Waals surface area (Å²) in [5, 5.41) is 36.9. The number of fused-ring (bicyclic) bond motifs is 2. The molecule has 2 unspecified atom stereocenters. The van der Waals surface area contributed by atoms with Gasteiger partial charge in [-0.3, -0.25) is 4.79 Å². The first-order valence-corrected chi connectivity index (χ1v) is 18.0. The molecule has 0 spiro atoms. The van der Waals surface area contributed by atoms with Crippen molar-refractivity contribution in [3.05, 3.63) is 150 Å². The number of halogens is 1. The van der Waals surface area contributed by atoms with Crippen LogP contribution in [0.1, 0.15) is 7.43 Å². The van der Waals surface area contributed by atoms with Crippen molar-refractivity contribution >= 4 is 33.7 Å². The van der Waals surface area contributed by atoms with Gasteiger partial charge in [-0.2, -0.15) is 0 Å². The molecule has 0 aliphatic carbocycles. The van der Waals surface area contributed by atoms with E-state index >= 15 is 0 Å². The minimum Gasteiger partial charge on any atom is -0.491 e. The van der Waals surface area contributed by atoms with Gasteiger partial charge in [0, 0.05) is 34.9 Å². The molecular weight excluding hydrogens is 748 g/mol. The summed E-state index contributed by atoms with van der Waals surface area (Å²) in [5.74, 6) is 1.18. The van der Waals surface area contributed by atoms with Crippen LogP contribution in [0.2, 0.25) is 5.15 Å². The highest BCUT2D eigenvalue weighted by atomic mass is 35.5. The number of hydrogen-bond donors (Lipinski definition) is 5. The molecule has 4 aromatic carbocycles. The van der Waals surface area contributed by atoms with Crippen molar-refractivity contribution < 1.29 is 29.9 Å². The van der Waals surface area contributed by atoms with Crippen molar-refractivity contribution in [1.82, 2.24) is 29.1 Å². The summed E-state index contributed by atoms with van der Waals surface area (Å²) in [6.07, 6.45) is 4.93. The van der Waals surface area contributed by atoms with Gasteiger partial charge in [0.25, 0.3) is 5.56 Å². The zero-order valence-corrected chi connectivity index (χ0v) is 30.6. The van der Waals surface area contributed by atoms with Crippen LogP contribution in [0, 0.1) is 0 Å². The van der Waals surface area contributed by atoms with Crippen LogP contribution in [0.3, 0.4) is 0 Å². The highest BCUT2D eigenvalue weighted by Gasteiger charge is 2.18. The van der Waals surface area contributed by atoms with Crippen molar-refractivity contribution in [2.45, 2.75) is 19.6 Å². The van der Waals surface area contributed by atoms with E-state index in [0.717, 1.165) is 44.7 Å². The lowest BCUT2D eigenvalue weighted by Crippen LogP contribution is -2.21. The van der Waals surface area contributed by atoms with Gasteiger partial charge in [-0.1, -0.05) is 79.7 Å². The number of para-hydroxylation sites is 2. The van der Waals surface area contributed by atoms with E-state index in [1.807, 2.05) is 119 Å². The molecular formula is C43H41ClN6O7. The van der Waals surface area contributed by atoms with Crippen molar-refractivity contribution in [1.29, 1.82) is 0 Å². The van der Waals surface area contributed by atoms with Crippen LogP contribution in [0.4, 0.5) is 0 Å². The standard InChI is InChI=1S/C21H18ClN3O3.C21H19N3O4.CH4/c22-21-20-19(23-13-24-21)18(10-25(20)15-4-2-1-3-5-15)14-6-8-17(9-7-14)28-12-16(27)11-26;25-11-16(26)12-28-17-8-6-14(7-9-17)18-10-24(15-4-2-1-3-5-15)20-19(18)22-13-23-21(20)27;/h1-10,13,16,26-27H,11-12H2;1-10,13,16,25-26H,11-12H2,(H,22,23,27);1H4. The molecule has 57 heavy (non-hydrogen) atoms. The average molecular weight is 789 g/mol. The molecule has 8 aromatic rings. The van der Waals surface area contributed by atoms with Gasteiger partial charge in [-0.25, -0.2) is 15.0 Å². The third-order valence-corrected chi connectivity index (χ3v) is 9.10. The molecule has 0 bridgehead atoms. The monoisotopic (exact) mass is 788 g/mol. The second kappa shape index (κ2) is 18.5. The first-order chi connectivity index (χ1) is 27.3. The molecule has 0 radical (unpaired) electrons. The summed E-state index contributed by atoms with van der Waals surface area (Å²) in [5.41, 5.74) is 7.80. The molecule has 4 heterocycles. The normalized spacial score (nSPS) is 12.0. The number of aromatic amines is 1. The van der Waals surface area contributed by atoms with Gasteiger partial charge >= 0.3 is 0 Å². The van der Waals surface area contributed by atoms with Gasteiger partial charge in [0.05, 0.1) is 19.5 Å². The fraction of sp³-hybridized carbons (Fsp3) is 0.163. The largest absolute Gasteiger partial charge is 0.491 e. The lowest BCUT2D eigenvalue weighted by atomic mass is 10.1. The summed E-state index contributed by atoms with van der Waals surface area (Å²) in [6, 6.07) is 34.2. The Morgan fingerprint density at radius 1 is 0.632 bits per heavy atom. The Kier molecular flexibility index (Phi) is 13.1. The van der Waals surface area contributed by atoms with E-state index < -0.39 is 12.2 Å². The van der Waals surface area contributed by atoms with E-state index in [0.29, 0.717) is 27.7 Å². The van der Waals surface area contributed by atoms with Crippen LogP contribution < -0.4 is 15.0 Å². The minimum absolute atomic E-state index is 0. The van der Waals surface area contributed by atoms with Crippen LogP contribution in [0.5, 0.6) is 11.5 Å². The molecule has 13 nitrogen and oxygen atoms in total. The SMILES string of the molecule is C.O=c1[nH]cnc2c(-c3ccc(OCC(O)CO)cc3)cn(-c3ccccc3)c12.OCC(O)COc1ccc(-c2cn(-c3ccccc3)c3c(Cl)ncnc23)cc1. The number of ether oxygens (including phenoxy) is 2. The number of nitrogens with zero attached hydrogens (tertiary/aromatic N) is 5. The van der Waals surface area contributed by atoms with Gasteiger partial charge in [-0.15, -0.1) is 0 Å². The molecule has 0 aliphatic rings. The predicted octanol–water partition coefficient (Wildman–Crippen LogP) is 6.22. The van der Waals surface area contributed by atoms with E-state index in [9.17, 15) is 15.0 Å². The molecule has 4 aromatic heterocycles. The zero-order valence-electron chi connectivity index (χ0n) is 29.8. The van der Waals surface area contributed by atoms with E-state index in [1.54, 1.807) is 12.1 Å². The minimum atomic E-state index is -0.917. The highest BCUT2D eigenvalue weighted by Crippen LogP contribution is 2.35. The number of hydrogen-bond acceptors (Lipinski definition) is 10.